The summed E-state index contributed by atoms with van der Waals surface area (Å²) in [4.78, 5) is 4.27. The van der Waals surface area contributed by atoms with Crippen LogP contribution in [0.3, 0.4) is 0 Å². The zero-order valence-electron chi connectivity index (χ0n) is 11.1. The quantitative estimate of drug-likeness (QED) is 0.794. The number of aromatic nitrogens is 1. The van der Waals surface area contributed by atoms with E-state index in [9.17, 15) is 13.9 Å². The van der Waals surface area contributed by atoms with Crippen LogP contribution in [-0.2, 0) is 6.42 Å². The third kappa shape index (κ3) is 2.90. The van der Waals surface area contributed by atoms with Gasteiger partial charge in [-0.3, -0.25) is 4.98 Å². The van der Waals surface area contributed by atoms with Crippen LogP contribution in [0.25, 0.3) is 10.9 Å². The molecule has 0 saturated heterocycles. The molecule has 3 rings (SSSR count). The molecule has 0 aliphatic rings. The fraction of sp³-hybridized carbons (Fsp3) is 0.118. The monoisotopic (exact) mass is 285 g/mol. The van der Waals surface area contributed by atoms with Crippen LogP contribution >= 0.6 is 0 Å². The Hall–Kier alpha value is -2.33. The van der Waals surface area contributed by atoms with Gasteiger partial charge in [0.2, 0.25) is 0 Å². The van der Waals surface area contributed by atoms with Crippen molar-refractivity contribution in [2.75, 3.05) is 0 Å². The van der Waals surface area contributed by atoms with Gasteiger partial charge in [0.25, 0.3) is 0 Å². The van der Waals surface area contributed by atoms with Gasteiger partial charge in [-0.1, -0.05) is 24.3 Å². The van der Waals surface area contributed by atoms with Gasteiger partial charge in [0.15, 0.2) is 0 Å². The van der Waals surface area contributed by atoms with Gasteiger partial charge < -0.3 is 5.11 Å². The Bertz CT molecular complexity index is 763. The van der Waals surface area contributed by atoms with Gasteiger partial charge in [-0.2, -0.15) is 0 Å². The van der Waals surface area contributed by atoms with Crippen molar-refractivity contribution in [3.63, 3.8) is 0 Å². The molecule has 4 heteroatoms. The zero-order valence-corrected chi connectivity index (χ0v) is 11.1. The van der Waals surface area contributed by atoms with E-state index >= 15 is 0 Å². The Labute approximate surface area is 120 Å². The van der Waals surface area contributed by atoms with E-state index in [2.05, 4.69) is 4.98 Å². The van der Waals surface area contributed by atoms with Crippen molar-refractivity contribution in [1.82, 2.24) is 4.98 Å². The Morgan fingerprint density at radius 1 is 1.00 bits per heavy atom. The minimum absolute atomic E-state index is 0.129. The molecule has 106 valence electrons. The van der Waals surface area contributed by atoms with Gasteiger partial charge in [0.1, 0.15) is 11.6 Å². The first kappa shape index (κ1) is 13.6. The molecular weight excluding hydrogens is 272 g/mol. The molecule has 0 spiro atoms. The van der Waals surface area contributed by atoms with Crippen LogP contribution in [-0.4, -0.2) is 10.1 Å². The lowest BCUT2D eigenvalue weighted by atomic mass is 9.99. The van der Waals surface area contributed by atoms with Crippen molar-refractivity contribution in [1.29, 1.82) is 0 Å². The van der Waals surface area contributed by atoms with Crippen LogP contribution in [0.5, 0.6) is 0 Å². The van der Waals surface area contributed by atoms with Gasteiger partial charge in [0.05, 0.1) is 11.6 Å². The lowest BCUT2D eigenvalue weighted by Crippen LogP contribution is -2.04. The van der Waals surface area contributed by atoms with Gasteiger partial charge in [-0.05, 0) is 23.8 Å². The summed E-state index contributed by atoms with van der Waals surface area (Å²) in [5.41, 5.74) is 1.76. The highest BCUT2D eigenvalue weighted by molar-refractivity contribution is 5.81. The molecule has 0 bridgehead atoms. The van der Waals surface area contributed by atoms with E-state index in [4.69, 9.17) is 0 Å². The predicted octanol–water partition coefficient (Wildman–Crippen LogP) is 3.79. The Kier molecular flexibility index (Phi) is 3.62. The second-order valence-electron chi connectivity index (χ2n) is 4.92. The van der Waals surface area contributed by atoms with Crippen LogP contribution in [0.1, 0.15) is 17.2 Å². The second-order valence-corrected chi connectivity index (χ2v) is 4.92. The summed E-state index contributed by atoms with van der Waals surface area (Å²) >= 11 is 0. The van der Waals surface area contributed by atoms with Crippen LogP contribution in [0, 0.1) is 11.6 Å². The maximum absolute atomic E-state index is 13.2. The summed E-state index contributed by atoms with van der Waals surface area (Å²) in [6.45, 7) is 0. The largest absolute Gasteiger partial charge is 0.388 e. The van der Waals surface area contributed by atoms with Crippen molar-refractivity contribution in [3.05, 3.63) is 77.5 Å². The van der Waals surface area contributed by atoms with E-state index in [-0.39, 0.29) is 6.42 Å². The Balaban J connectivity index is 1.95. The summed E-state index contributed by atoms with van der Waals surface area (Å²) in [5.74, 6) is -1.29. The maximum atomic E-state index is 13.2. The Morgan fingerprint density at radius 2 is 1.71 bits per heavy atom. The number of halogens is 2. The first-order valence-electron chi connectivity index (χ1n) is 6.60. The minimum Gasteiger partial charge on any atom is -0.388 e. The average molecular weight is 285 g/mol. The Morgan fingerprint density at radius 3 is 2.48 bits per heavy atom. The fourth-order valence-electron chi connectivity index (χ4n) is 2.46. The van der Waals surface area contributed by atoms with Crippen LogP contribution in [0.15, 0.2) is 54.7 Å². The van der Waals surface area contributed by atoms with Gasteiger partial charge in [-0.25, -0.2) is 8.78 Å². The first-order chi connectivity index (χ1) is 10.1. The second kappa shape index (κ2) is 5.58. The van der Waals surface area contributed by atoms with Crippen molar-refractivity contribution < 1.29 is 13.9 Å². The number of nitrogens with zero attached hydrogens (tertiary/aromatic N) is 1. The van der Waals surface area contributed by atoms with Crippen molar-refractivity contribution >= 4 is 10.9 Å². The van der Waals surface area contributed by atoms with E-state index in [0.29, 0.717) is 16.6 Å². The molecule has 2 aromatic carbocycles. The standard InChI is InChI=1S/C17H13F2NO/c18-13-7-11(8-14(19)10-13)9-16(21)15-5-1-3-12-4-2-6-20-17(12)15/h1-8,10,16,21H,9H2. The van der Waals surface area contributed by atoms with Crippen molar-refractivity contribution in [3.8, 4) is 0 Å². The molecule has 1 unspecified atom stereocenters. The van der Waals surface area contributed by atoms with Crippen LogP contribution < -0.4 is 0 Å². The smallest absolute Gasteiger partial charge is 0.126 e. The summed E-state index contributed by atoms with van der Waals surface area (Å²) in [6, 6.07) is 12.5. The molecule has 1 aromatic heterocycles. The summed E-state index contributed by atoms with van der Waals surface area (Å²) in [6.07, 6.45) is 0.912. The molecule has 3 aromatic rings. The summed E-state index contributed by atoms with van der Waals surface area (Å²) in [5, 5.41) is 11.3. The molecule has 21 heavy (non-hydrogen) atoms. The molecule has 0 amide bonds. The van der Waals surface area contributed by atoms with E-state index in [1.165, 1.54) is 12.1 Å². The number of pyridine rings is 1. The molecule has 0 saturated carbocycles. The number of hydrogen-bond donors (Lipinski definition) is 1. The minimum atomic E-state index is -0.871. The lowest BCUT2D eigenvalue weighted by molar-refractivity contribution is 0.179. The van der Waals surface area contributed by atoms with Crippen LogP contribution in [0.2, 0.25) is 0 Å². The SMILES string of the molecule is OC(Cc1cc(F)cc(F)c1)c1cccc2cccnc12. The molecule has 0 aliphatic carbocycles. The highest BCUT2D eigenvalue weighted by atomic mass is 19.1. The molecule has 0 radical (unpaired) electrons. The van der Waals surface area contributed by atoms with Gasteiger partial charge in [0, 0.05) is 29.6 Å². The highest BCUT2D eigenvalue weighted by Gasteiger charge is 2.13. The van der Waals surface area contributed by atoms with Crippen molar-refractivity contribution in [2.24, 2.45) is 0 Å². The molecule has 1 atom stereocenters. The number of fused-ring (bicyclic) bond motifs is 1. The summed E-state index contributed by atoms with van der Waals surface area (Å²) in [7, 11) is 0. The van der Waals surface area contributed by atoms with Gasteiger partial charge in [-0.15, -0.1) is 0 Å². The van der Waals surface area contributed by atoms with Gasteiger partial charge >= 0.3 is 0 Å². The fourth-order valence-corrected chi connectivity index (χ4v) is 2.46. The molecule has 0 aliphatic heterocycles. The average Bonchev–Trinajstić information content (AvgIpc) is 2.45. The van der Waals surface area contributed by atoms with E-state index in [1.54, 1.807) is 12.3 Å². The molecular formula is C17H13F2NO. The maximum Gasteiger partial charge on any atom is 0.126 e. The number of para-hydroxylation sites is 1. The first-order valence-corrected chi connectivity index (χ1v) is 6.60. The van der Waals surface area contributed by atoms with E-state index in [1.807, 2.05) is 24.3 Å². The lowest BCUT2D eigenvalue weighted by Gasteiger charge is -2.13. The number of rotatable bonds is 3. The normalized spacial score (nSPS) is 12.5. The number of aliphatic hydroxyl groups excluding tert-OH is 1. The molecule has 1 heterocycles. The van der Waals surface area contributed by atoms with Crippen LogP contribution in [0.4, 0.5) is 8.78 Å². The molecule has 1 N–H and O–H groups in total. The third-order valence-electron chi connectivity index (χ3n) is 3.37. The zero-order chi connectivity index (χ0) is 14.8. The van der Waals surface area contributed by atoms with E-state index < -0.39 is 17.7 Å². The van der Waals surface area contributed by atoms with E-state index in [0.717, 1.165) is 11.5 Å². The highest BCUT2D eigenvalue weighted by Crippen LogP contribution is 2.25. The number of aliphatic hydroxyl groups is 1. The topological polar surface area (TPSA) is 33.1 Å². The number of benzene rings is 2. The number of hydrogen-bond acceptors (Lipinski definition) is 2. The predicted molar refractivity (Wildman–Crippen MR) is 76.8 cm³/mol. The van der Waals surface area contributed by atoms with Crippen molar-refractivity contribution in [2.45, 2.75) is 12.5 Å². The third-order valence-corrected chi connectivity index (χ3v) is 3.37. The molecule has 0 fully saturated rings. The summed E-state index contributed by atoms with van der Waals surface area (Å²) < 4.78 is 26.4. The molecule has 2 nitrogen and oxygen atoms in total.